The van der Waals surface area contributed by atoms with Crippen molar-refractivity contribution in [3.63, 3.8) is 0 Å². The first kappa shape index (κ1) is 24.3. The van der Waals surface area contributed by atoms with E-state index in [1.165, 1.54) is 29.5 Å². The van der Waals surface area contributed by atoms with Gasteiger partial charge in [0.2, 0.25) is 5.91 Å². The van der Waals surface area contributed by atoms with Gasteiger partial charge in [-0.25, -0.2) is 4.68 Å². The maximum Gasteiger partial charge on any atom is 0.291 e. The highest BCUT2D eigenvalue weighted by Crippen LogP contribution is 2.26. The van der Waals surface area contributed by atoms with E-state index in [1.807, 2.05) is 28.8 Å². The van der Waals surface area contributed by atoms with Crippen LogP contribution < -0.4 is 10.9 Å². The molecule has 7 heteroatoms. The predicted octanol–water partition coefficient (Wildman–Crippen LogP) is 3.74. The summed E-state index contributed by atoms with van der Waals surface area (Å²) < 4.78 is 3.41. The van der Waals surface area contributed by atoms with Crippen molar-refractivity contribution in [2.24, 2.45) is 13.0 Å². The average Bonchev–Trinajstić information content (AvgIpc) is 3.22. The molecule has 2 aromatic carbocycles. The highest BCUT2D eigenvalue weighted by Gasteiger charge is 2.19. The van der Waals surface area contributed by atoms with Crippen molar-refractivity contribution in [2.75, 3.05) is 26.2 Å². The summed E-state index contributed by atoms with van der Waals surface area (Å²) in [6.45, 7) is 4.41. The Bertz CT molecular complexity index is 1380. The second kappa shape index (κ2) is 11.1. The Balaban J connectivity index is 1.08. The first-order valence-corrected chi connectivity index (χ1v) is 13.1. The summed E-state index contributed by atoms with van der Waals surface area (Å²) in [5, 5.41) is 9.18. The molecule has 1 aliphatic heterocycles. The maximum absolute atomic E-state index is 12.8. The largest absolute Gasteiger partial charge is 0.355 e. The Morgan fingerprint density at radius 2 is 1.75 bits per heavy atom. The van der Waals surface area contributed by atoms with Gasteiger partial charge in [0, 0.05) is 49.4 Å². The van der Waals surface area contributed by atoms with E-state index in [-0.39, 0.29) is 11.5 Å². The highest BCUT2D eigenvalue weighted by molar-refractivity contribution is 6.07. The van der Waals surface area contributed by atoms with E-state index in [9.17, 15) is 9.59 Å². The normalized spacial score (nSPS) is 15.0. The number of carbonyl (C=O) groups excluding carboxylic acids is 1. The molecular formula is C29H35N5O2. The van der Waals surface area contributed by atoms with Crippen molar-refractivity contribution in [3.05, 3.63) is 76.7 Å². The third-order valence-electron chi connectivity index (χ3n) is 7.48. The minimum atomic E-state index is -0.110. The summed E-state index contributed by atoms with van der Waals surface area (Å²) >= 11 is 0. The number of hydrogen-bond acceptors (Lipinski definition) is 4. The standard InChI is InChI=1S/C29H35N5O2/c1-32-29(36)28-25(21-31-32)24-10-5-6-11-26(24)34(28)16-7-12-27(35)30-15-19-33-17-13-23(14-18-33)20-22-8-3-2-4-9-22/h2-6,8-11,21,23H,7,12-20H2,1H3,(H,30,35). The summed E-state index contributed by atoms with van der Waals surface area (Å²) in [5.41, 5.74) is 2.99. The number of rotatable bonds is 9. The number of aromatic nitrogens is 3. The highest BCUT2D eigenvalue weighted by atomic mass is 16.1. The van der Waals surface area contributed by atoms with E-state index in [1.54, 1.807) is 13.2 Å². The van der Waals surface area contributed by atoms with Gasteiger partial charge in [-0.05, 0) is 56.3 Å². The average molecular weight is 486 g/mol. The van der Waals surface area contributed by atoms with Crippen LogP contribution in [0.2, 0.25) is 0 Å². The summed E-state index contributed by atoms with van der Waals surface area (Å²) in [7, 11) is 1.67. The van der Waals surface area contributed by atoms with Crippen molar-refractivity contribution >= 4 is 27.7 Å². The van der Waals surface area contributed by atoms with Crippen LogP contribution in [-0.2, 0) is 24.8 Å². The lowest BCUT2D eigenvalue weighted by Crippen LogP contribution is -2.39. The fourth-order valence-electron chi connectivity index (χ4n) is 5.47. The van der Waals surface area contributed by atoms with Gasteiger partial charge < -0.3 is 14.8 Å². The third-order valence-corrected chi connectivity index (χ3v) is 7.48. The number of fused-ring (bicyclic) bond motifs is 3. The molecule has 5 rings (SSSR count). The summed E-state index contributed by atoms with van der Waals surface area (Å²) in [6, 6.07) is 18.8. The number of nitrogens with zero attached hydrogens (tertiary/aromatic N) is 4. The molecule has 1 aliphatic rings. The van der Waals surface area contributed by atoms with E-state index < -0.39 is 0 Å². The molecule has 0 spiro atoms. The zero-order chi connectivity index (χ0) is 24.9. The van der Waals surface area contributed by atoms with Crippen LogP contribution >= 0.6 is 0 Å². The molecule has 0 atom stereocenters. The van der Waals surface area contributed by atoms with E-state index in [0.717, 1.165) is 41.8 Å². The Morgan fingerprint density at radius 3 is 2.56 bits per heavy atom. The van der Waals surface area contributed by atoms with Crippen molar-refractivity contribution in [1.82, 2.24) is 24.6 Å². The van der Waals surface area contributed by atoms with E-state index >= 15 is 0 Å². The van der Waals surface area contributed by atoms with Gasteiger partial charge >= 0.3 is 0 Å². The van der Waals surface area contributed by atoms with Gasteiger partial charge in [-0.1, -0.05) is 48.5 Å². The van der Waals surface area contributed by atoms with Crippen LogP contribution in [-0.4, -0.2) is 51.3 Å². The van der Waals surface area contributed by atoms with Crippen LogP contribution in [0.15, 0.2) is 65.6 Å². The molecule has 3 heterocycles. The lowest BCUT2D eigenvalue weighted by molar-refractivity contribution is -0.121. The van der Waals surface area contributed by atoms with Crippen LogP contribution in [0.4, 0.5) is 0 Å². The van der Waals surface area contributed by atoms with E-state index in [4.69, 9.17) is 0 Å². The topological polar surface area (TPSA) is 72.2 Å². The molecule has 0 unspecified atom stereocenters. The van der Waals surface area contributed by atoms with Gasteiger partial charge in [-0.2, -0.15) is 5.10 Å². The first-order chi connectivity index (χ1) is 17.6. The van der Waals surface area contributed by atoms with Gasteiger partial charge in [0.05, 0.1) is 6.20 Å². The predicted molar refractivity (Wildman–Crippen MR) is 144 cm³/mol. The lowest BCUT2D eigenvalue weighted by Gasteiger charge is -2.32. The molecule has 7 nitrogen and oxygen atoms in total. The zero-order valence-corrected chi connectivity index (χ0v) is 21.0. The number of aryl methyl sites for hydroxylation is 2. The molecule has 1 amide bonds. The summed E-state index contributed by atoms with van der Waals surface area (Å²) in [5.74, 6) is 0.830. The van der Waals surface area contributed by atoms with Crippen LogP contribution in [0.3, 0.4) is 0 Å². The second-order valence-corrected chi connectivity index (χ2v) is 9.93. The summed E-state index contributed by atoms with van der Waals surface area (Å²) in [6.07, 6.45) is 6.48. The van der Waals surface area contributed by atoms with Gasteiger partial charge in [0.25, 0.3) is 5.56 Å². The molecule has 0 saturated carbocycles. The number of amides is 1. The monoisotopic (exact) mass is 485 g/mol. The second-order valence-electron chi connectivity index (χ2n) is 9.93. The minimum absolute atomic E-state index is 0.0734. The number of carbonyl (C=O) groups is 1. The Kier molecular flexibility index (Phi) is 7.47. The van der Waals surface area contributed by atoms with Gasteiger partial charge in [0.1, 0.15) is 5.52 Å². The molecule has 1 fully saturated rings. The molecule has 0 bridgehead atoms. The van der Waals surface area contributed by atoms with Gasteiger partial charge in [-0.15, -0.1) is 0 Å². The number of likely N-dealkylation sites (tertiary alicyclic amines) is 1. The molecule has 0 aliphatic carbocycles. The molecular weight excluding hydrogens is 450 g/mol. The van der Waals surface area contributed by atoms with E-state index in [0.29, 0.717) is 31.4 Å². The number of hydrogen-bond donors (Lipinski definition) is 1. The SMILES string of the molecule is Cn1ncc2c3ccccc3n(CCCC(=O)NCCN3CCC(Cc4ccccc4)CC3)c2c1=O. The van der Waals surface area contributed by atoms with Crippen LogP contribution in [0.1, 0.15) is 31.2 Å². The quantitative estimate of drug-likeness (QED) is 0.392. The van der Waals surface area contributed by atoms with Crippen LogP contribution in [0.25, 0.3) is 21.8 Å². The number of nitrogens with one attached hydrogen (secondary N) is 1. The maximum atomic E-state index is 12.8. The fraction of sp³-hybridized carbons (Fsp3) is 0.414. The Morgan fingerprint density at radius 1 is 1.00 bits per heavy atom. The number of para-hydroxylation sites is 1. The smallest absolute Gasteiger partial charge is 0.291 e. The number of benzene rings is 2. The van der Waals surface area contributed by atoms with Gasteiger partial charge in [-0.3, -0.25) is 9.59 Å². The zero-order valence-electron chi connectivity index (χ0n) is 21.0. The van der Waals surface area contributed by atoms with E-state index in [2.05, 4.69) is 45.6 Å². The molecule has 36 heavy (non-hydrogen) atoms. The number of piperidine rings is 1. The molecule has 1 N–H and O–H groups in total. The summed E-state index contributed by atoms with van der Waals surface area (Å²) in [4.78, 5) is 27.8. The molecule has 188 valence electrons. The van der Waals surface area contributed by atoms with Crippen molar-refractivity contribution in [3.8, 4) is 0 Å². The van der Waals surface area contributed by atoms with Gasteiger partial charge in [0.15, 0.2) is 0 Å². The molecule has 1 saturated heterocycles. The molecule has 2 aromatic heterocycles. The first-order valence-electron chi connectivity index (χ1n) is 13.1. The Labute approximate surface area is 211 Å². The van der Waals surface area contributed by atoms with Crippen molar-refractivity contribution < 1.29 is 4.79 Å². The molecule has 0 radical (unpaired) electrons. The lowest BCUT2D eigenvalue weighted by atomic mass is 9.90. The fourth-order valence-corrected chi connectivity index (χ4v) is 5.47. The third kappa shape index (κ3) is 5.36. The Hall–Kier alpha value is -3.45. The molecule has 4 aromatic rings. The van der Waals surface area contributed by atoms with Crippen molar-refractivity contribution in [2.45, 2.75) is 38.6 Å². The van der Waals surface area contributed by atoms with Crippen molar-refractivity contribution in [1.29, 1.82) is 0 Å². The minimum Gasteiger partial charge on any atom is -0.355 e. The van der Waals surface area contributed by atoms with Crippen LogP contribution in [0, 0.1) is 5.92 Å². The van der Waals surface area contributed by atoms with Crippen LogP contribution in [0.5, 0.6) is 0 Å².